The minimum atomic E-state index is -1.37. The van der Waals surface area contributed by atoms with Gasteiger partial charge in [0.15, 0.2) is 0 Å². The number of piperidine rings is 1. The fourth-order valence-electron chi connectivity index (χ4n) is 3.67. The first kappa shape index (κ1) is 20.2. The Labute approximate surface area is 158 Å². The van der Waals surface area contributed by atoms with Crippen LogP contribution in [0.5, 0.6) is 0 Å². The first-order valence-corrected chi connectivity index (χ1v) is 8.56. The molecule has 7 nitrogen and oxygen atoms in total. The number of hydrogen-bond donors (Lipinski definition) is 4. The third kappa shape index (κ3) is 3.83. The summed E-state index contributed by atoms with van der Waals surface area (Å²) in [5.41, 5.74) is 5.58. The number of nitrogens with two attached hydrogens (primary N) is 1. The molecule has 8 heteroatoms. The van der Waals surface area contributed by atoms with Crippen molar-refractivity contribution in [2.45, 2.75) is 56.8 Å². The van der Waals surface area contributed by atoms with Gasteiger partial charge in [0.2, 0.25) is 5.91 Å². The summed E-state index contributed by atoms with van der Waals surface area (Å²) in [7, 11) is 0. The summed E-state index contributed by atoms with van der Waals surface area (Å²) in [6.45, 7) is 1.87. The molecule has 1 aromatic carbocycles. The van der Waals surface area contributed by atoms with Crippen LogP contribution in [-0.4, -0.2) is 45.3 Å². The molecule has 26 heavy (non-hydrogen) atoms. The fourth-order valence-corrected chi connectivity index (χ4v) is 3.67. The van der Waals surface area contributed by atoms with Crippen molar-refractivity contribution < 1.29 is 14.7 Å². The quantitative estimate of drug-likeness (QED) is 0.458. The van der Waals surface area contributed by atoms with Crippen LogP contribution in [0, 0.1) is 5.41 Å². The van der Waals surface area contributed by atoms with Gasteiger partial charge in [0.1, 0.15) is 17.5 Å². The van der Waals surface area contributed by atoms with E-state index in [1.165, 1.54) is 6.92 Å². The second kappa shape index (κ2) is 7.63. The van der Waals surface area contributed by atoms with Gasteiger partial charge in [-0.15, -0.1) is 12.4 Å². The van der Waals surface area contributed by atoms with Gasteiger partial charge in [-0.25, -0.2) is 0 Å². The van der Waals surface area contributed by atoms with Crippen LogP contribution in [0.1, 0.15) is 43.7 Å². The highest BCUT2D eigenvalue weighted by atomic mass is 35.5. The Balaban J connectivity index is 0.00000243. The minimum absolute atomic E-state index is 0. The van der Waals surface area contributed by atoms with Gasteiger partial charge in [0, 0.05) is 18.2 Å². The van der Waals surface area contributed by atoms with Crippen LogP contribution in [0.2, 0.25) is 0 Å². The van der Waals surface area contributed by atoms with Crippen molar-refractivity contribution in [1.82, 2.24) is 10.2 Å². The Hall–Kier alpha value is -2.12. The predicted molar refractivity (Wildman–Crippen MR) is 100 cm³/mol. The average molecular weight is 381 g/mol. The number of amidine groups is 1. The lowest BCUT2D eigenvalue weighted by atomic mass is 9.90. The molecule has 2 amide bonds. The third-order valence-corrected chi connectivity index (χ3v) is 5.20. The molecule has 2 aliphatic heterocycles. The normalized spacial score (nSPS) is 27.5. The number of hydrogen-bond acceptors (Lipinski definition) is 4. The van der Waals surface area contributed by atoms with E-state index in [2.05, 4.69) is 5.32 Å². The first-order valence-electron chi connectivity index (χ1n) is 8.56. The summed E-state index contributed by atoms with van der Waals surface area (Å²) in [6, 6.07) is 6.64. The van der Waals surface area contributed by atoms with Gasteiger partial charge >= 0.3 is 0 Å². The molecule has 2 heterocycles. The van der Waals surface area contributed by atoms with Crippen LogP contribution in [0.25, 0.3) is 0 Å². The molecule has 0 aromatic heterocycles. The third-order valence-electron chi connectivity index (χ3n) is 5.20. The van der Waals surface area contributed by atoms with Crippen LogP contribution in [-0.2, 0) is 16.1 Å². The highest BCUT2D eigenvalue weighted by molar-refractivity contribution is 5.95. The topological polar surface area (TPSA) is 120 Å². The van der Waals surface area contributed by atoms with Crippen molar-refractivity contribution >= 4 is 30.1 Å². The zero-order valence-electron chi connectivity index (χ0n) is 14.7. The molecule has 0 spiro atoms. The summed E-state index contributed by atoms with van der Waals surface area (Å²) < 4.78 is 0. The molecule has 0 saturated carbocycles. The number of amides is 2. The maximum absolute atomic E-state index is 12.6. The van der Waals surface area contributed by atoms with Crippen LogP contribution in [0.15, 0.2) is 24.3 Å². The molecular weight excluding hydrogens is 356 g/mol. The summed E-state index contributed by atoms with van der Waals surface area (Å²) in [5.74, 6) is -0.528. The number of nitrogens with zero attached hydrogens (tertiary/aromatic N) is 1. The van der Waals surface area contributed by atoms with Gasteiger partial charge in [0.05, 0.1) is 0 Å². The molecule has 3 rings (SSSR count). The number of nitrogen functional groups attached to an aromatic ring is 1. The fraction of sp³-hybridized carbons (Fsp3) is 0.500. The van der Waals surface area contributed by atoms with E-state index in [1.807, 2.05) is 12.1 Å². The van der Waals surface area contributed by atoms with Crippen LogP contribution >= 0.6 is 12.4 Å². The molecule has 2 aliphatic rings. The smallest absolute Gasteiger partial charge is 0.255 e. The zero-order chi connectivity index (χ0) is 18.2. The van der Waals surface area contributed by atoms with Crippen molar-refractivity contribution in [1.29, 1.82) is 5.41 Å². The highest BCUT2D eigenvalue weighted by Crippen LogP contribution is 2.36. The molecule has 0 bridgehead atoms. The van der Waals surface area contributed by atoms with Gasteiger partial charge < -0.3 is 21.1 Å². The molecular formula is C18H25ClN4O3. The number of halogens is 1. The Morgan fingerprint density at radius 1 is 1.35 bits per heavy atom. The van der Waals surface area contributed by atoms with E-state index in [0.717, 1.165) is 18.4 Å². The van der Waals surface area contributed by atoms with E-state index < -0.39 is 11.6 Å². The second-order valence-corrected chi connectivity index (χ2v) is 7.10. The molecule has 0 radical (unpaired) electrons. The Morgan fingerprint density at radius 2 is 2.00 bits per heavy atom. The number of fused-ring (bicyclic) bond motifs is 1. The SMILES string of the molecule is C[C@]1(O)CC[C@@H]2CCC(C(=O)NCc3ccc(C(=N)N)cc3)N2C1=O.Cl. The van der Waals surface area contributed by atoms with Crippen molar-refractivity contribution in [3.8, 4) is 0 Å². The molecule has 2 saturated heterocycles. The number of carbonyl (C=O) groups excluding carboxylic acids is 2. The number of carbonyl (C=O) groups is 2. The van der Waals surface area contributed by atoms with Gasteiger partial charge in [0.25, 0.3) is 5.91 Å². The van der Waals surface area contributed by atoms with E-state index in [-0.39, 0.29) is 36.1 Å². The molecule has 2 fully saturated rings. The van der Waals surface area contributed by atoms with Crippen LogP contribution in [0.3, 0.4) is 0 Å². The lowest BCUT2D eigenvalue weighted by molar-refractivity contribution is -0.161. The van der Waals surface area contributed by atoms with Gasteiger partial charge in [-0.2, -0.15) is 0 Å². The van der Waals surface area contributed by atoms with E-state index in [4.69, 9.17) is 11.1 Å². The standard InChI is InChI=1S/C18H24N4O3.ClH/c1-18(25)9-8-13-6-7-14(22(13)17(18)24)16(23)21-10-11-2-4-12(5-3-11)15(19)20;/h2-5,13-14,25H,6-10H2,1H3,(H3,19,20)(H,21,23);1H/t13-,14?,18-;/m0./s1. The maximum Gasteiger partial charge on any atom is 0.255 e. The average Bonchev–Trinajstić information content (AvgIpc) is 3.01. The van der Waals surface area contributed by atoms with Crippen LogP contribution in [0.4, 0.5) is 0 Å². The molecule has 5 N–H and O–H groups in total. The lowest BCUT2D eigenvalue weighted by Gasteiger charge is -2.40. The Kier molecular flexibility index (Phi) is 5.93. The van der Waals surface area contributed by atoms with Gasteiger partial charge in [-0.05, 0) is 38.2 Å². The highest BCUT2D eigenvalue weighted by Gasteiger charge is 2.50. The zero-order valence-corrected chi connectivity index (χ0v) is 15.5. The number of nitrogens with one attached hydrogen (secondary N) is 2. The van der Waals surface area contributed by atoms with Crippen molar-refractivity contribution in [3.05, 3.63) is 35.4 Å². The maximum atomic E-state index is 12.6. The van der Waals surface area contributed by atoms with Crippen molar-refractivity contribution in [3.63, 3.8) is 0 Å². The minimum Gasteiger partial charge on any atom is -0.384 e. The van der Waals surface area contributed by atoms with Crippen molar-refractivity contribution in [2.75, 3.05) is 0 Å². The monoisotopic (exact) mass is 380 g/mol. The lowest BCUT2D eigenvalue weighted by Crippen LogP contribution is -2.59. The van der Waals surface area contributed by atoms with Crippen molar-refractivity contribution in [2.24, 2.45) is 5.73 Å². The van der Waals surface area contributed by atoms with E-state index in [9.17, 15) is 14.7 Å². The summed E-state index contributed by atoms with van der Waals surface area (Å²) in [4.78, 5) is 26.6. The molecule has 142 valence electrons. The molecule has 1 aromatic rings. The van der Waals surface area contributed by atoms with E-state index >= 15 is 0 Å². The Morgan fingerprint density at radius 3 is 2.62 bits per heavy atom. The van der Waals surface area contributed by atoms with E-state index in [1.54, 1.807) is 17.0 Å². The molecule has 0 aliphatic carbocycles. The Bertz CT molecular complexity index is 705. The largest absolute Gasteiger partial charge is 0.384 e. The molecule has 3 atom stereocenters. The number of benzene rings is 1. The van der Waals surface area contributed by atoms with E-state index in [0.29, 0.717) is 24.9 Å². The summed E-state index contributed by atoms with van der Waals surface area (Å²) in [6.07, 6.45) is 2.60. The summed E-state index contributed by atoms with van der Waals surface area (Å²) >= 11 is 0. The van der Waals surface area contributed by atoms with Crippen LogP contribution < -0.4 is 11.1 Å². The number of aliphatic hydroxyl groups is 1. The first-order chi connectivity index (χ1) is 11.8. The van der Waals surface area contributed by atoms with Gasteiger partial charge in [-0.1, -0.05) is 24.3 Å². The number of rotatable bonds is 4. The predicted octanol–water partition coefficient (Wildman–Crippen LogP) is 0.913. The molecule has 1 unspecified atom stereocenters. The second-order valence-electron chi connectivity index (χ2n) is 7.10. The van der Waals surface area contributed by atoms with Gasteiger partial charge in [-0.3, -0.25) is 15.0 Å². The summed E-state index contributed by atoms with van der Waals surface area (Å²) in [5, 5.41) is 20.5.